The summed E-state index contributed by atoms with van der Waals surface area (Å²) in [5, 5.41) is 8.99. The van der Waals surface area contributed by atoms with Crippen LogP contribution in [0, 0.1) is 5.92 Å². The molecular weight excluding hydrogens is 248 g/mol. The highest BCUT2D eigenvalue weighted by atomic mass is 16.4. The Hall–Kier alpha value is -1.59. The molecule has 2 aliphatic rings. The van der Waals surface area contributed by atoms with Crippen molar-refractivity contribution in [3.8, 4) is 0 Å². The quantitative estimate of drug-likeness (QED) is 0.799. The van der Waals surface area contributed by atoms with E-state index in [2.05, 4.69) is 0 Å². The van der Waals surface area contributed by atoms with Gasteiger partial charge in [-0.1, -0.05) is 0 Å². The van der Waals surface area contributed by atoms with E-state index in [9.17, 15) is 14.4 Å². The first kappa shape index (κ1) is 13.8. The molecule has 6 heteroatoms. The predicted octanol–water partition coefficient (Wildman–Crippen LogP) is 0.320. The topological polar surface area (TPSA) is 77.9 Å². The van der Waals surface area contributed by atoms with E-state index in [4.69, 9.17) is 5.11 Å². The van der Waals surface area contributed by atoms with Crippen LogP contribution in [0.5, 0.6) is 0 Å². The van der Waals surface area contributed by atoms with Crippen LogP contribution in [0.2, 0.25) is 0 Å². The molecule has 2 rings (SSSR count). The molecule has 2 atom stereocenters. The minimum Gasteiger partial charge on any atom is -0.481 e. The van der Waals surface area contributed by atoms with Crippen molar-refractivity contribution in [2.75, 3.05) is 19.6 Å². The minimum absolute atomic E-state index is 0.0430. The summed E-state index contributed by atoms with van der Waals surface area (Å²) >= 11 is 0. The van der Waals surface area contributed by atoms with Gasteiger partial charge < -0.3 is 14.9 Å². The zero-order chi connectivity index (χ0) is 14.0. The first-order chi connectivity index (χ1) is 8.99. The number of amides is 2. The molecule has 2 heterocycles. The summed E-state index contributed by atoms with van der Waals surface area (Å²) in [7, 11) is 0. The molecule has 0 bridgehead atoms. The Bertz CT molecular complexity index is 396. The third-order valence-corrected chi connectivity index (χ3v) is 4.04. The summed E-state index contributed by atoms with van der Waals surface area (Å²) in [6.45, 7) is 3.14. The maximum Gasteiger partial charge on any atom is 0.306 e. The van der Waals surface area contributed by atoms with Crippen LogP contribution in [-0.4, -0.2) is 58.4 Å². The Morgan fingerprint density at radius 1 is 1.37 bits per heavy atom. The lowest BCUT2D eigenvalue weighted by atomic mass is 9.91. The standard InChI is InChI=1S/C13H20N2O4/c1-9-7-10(13(18)19)4-6-15(9)12(17)8-14-5-2-3-11(14)16/h9-10H,2-8H2,1H3,(H,18,19). The largest absolute Gasteiger partial charge is 0.481 e. The molecule has 2 amide bonds. The number of aliphatic carboxylic acids is 1. The molecule has 0 aromatic rings. The third-order valence-electron chi connectivity index (χ3n) is 4.04. The van der Waals surface area contributed by atoms with Crippen LogP contribution in [0.15, 0.2) is 0 Å². The molecule has 19 heavy (non-hydrogen) atoms. The van der Waals surface area contributed by atoms with Crippen molar-refractivity contribution in [1.29, 1.82) is 0 Å². The van der Waals surface area contributed by atoms with Gasteiger partial charge >= 0.3 is 5.97 Å². The molecule has 106 valence electrons. The number of carboxylic acids is 1. The predicted molar refractivity (Wildman–Crippen MR) is 67.3 cm³/mol. The van der Waals surface area contributed by atoms with Gasteiger partial charge in [0.25, 0.3) is 0 Å². The van der Waals surface area contributed by atoms with E-state index in [0.29, 0.717) is 32.4 Å². The van der Waals surface area contributed by atoms with Crippen molar-refractivity contribution in [2.45, 2.75) is 38.6 Å². The Kier molecular flexibility index (Phi) is 4.07. The van der Waals surface area contributed by atoms with Crippen molar-refractivity contribution < 1.29 is 19.5 Å². The first-order valence-corrected chi connectivity index (χ1v) is 6.79. The molecule has 0 saturated carbocycles. The summed E-state index contributed by atoms with van der Waals surface area (Å²) in [5.74, 6) is -1.16. The lowest BCUT2D eigenvalue weighted by molar-refractivity contribution is -0.148. The monoisotopic (exact) mass is 268 g/mol. The van der Waals surface area contributed by atoms with Crippen LogP contribution in [0.1, 0.15) is 32.6 Å². The van der Waals surface area contributed by atoms with Crippen LogP contribution in [-0.2, 0) is 14.4 Å². The van der Waals surface area contributed by atoms with Crippen molar-refractivity contribution in [1.82, 2.24) is 9.80 Å². The lowest BCUT2D eigenvalue weighted by Crippen LogP contribution is -2.49. The van der Waals surface area contributed by atoms with Gasteiger partial charge in [0.15, 0.2) is 0 Å². The van der Waals surface area contributed by atoms with Crippen molar-refractivity contribution in [3.63, 3.8) is 0 Å². The van der Waals surface area contributed by atoms with Crippen LogP contribution >= 0.6 is 0 Å². The Morgan fingerprint density at radius 2 is 2.11 bits per heavy atom. The zero-order valence-corrected chi connectivity index (χ0v) is 11.2. The second-order valence-corrected chi connectivity index (χ2v) is 5.41. The van der Waals surface area contributed by atoms with Gasteiger partial charge in [0.1, 0.15) is 0 Å². The number of likely N-dealkylation sites (tertiary alicyclic amines) is 2. The number of carboxylic acid groups (broad SMARTS) is 1. The van der Waals surface area contributed by atoms with Gasteiger partial charge in [-0.05, 0) is 26.2 Å². The first-order valence-electron chi connectivity index (χ1n) is 6.79. The molecule has 1 N–H and O–H groups in total. The van der Waals surface area contributed by atoms with Gasteiger partial charge in [-0.15, -0.1) is 0 Å². The normalized spacial score (nSPS) is 27.7. The zero-order valence-electron chi connectivity index (χ0n) is 11.2. The molecule has 0 aliphatic carbocycles. The number of carbonyl (C=O) groups excluding carboxylic acids is 2. The highest BCUT2D eigenvalue weighted by molar-refractivity contribution is 5.86. The van der Waals surface area contributed by atoms with Gasteiger partial charge in [-0.25, -0.2) is 0 Å². The Balaban J connectivity index is 1.89. The van der Waals surface area contributed by atoms with E-state index in [1.54, 1.807) is 9.80 Å². The molecule has 2 aliphatic heterocycles. The Labute approximate surface area is 112 Å². The van der Waals surface area contributed by atoms with Gasteiger partial charge in [-0.3, -0.25) is 14.4 Å². The number of hydrogen-bond acceptors (Lipinski definition) is 3. The fraction of sp³-hybridized carbons (Fsp3) is 0.769. The molecule has 2 saturated heterocycles. The van der Waals surface area contributed by atoms with Crippen LogP contribution < -0.4 is 0 Å². The van der Waals surface area contributed by atoms with E-state index in [1.807, 2.05) is 6.92 Å². The molecule has 0 radical (unpaired) electrons. The van der Waals surface area contributed by atoms with Gasteiger partial charge in [0.2, 0.25) is 11.8 Å². The van der Waals surface area contributed by atoms with Crippen LogP contribution in [0.25, 0.3) is 0 Å². The average molecular weight is 268 g/mol. The second kappa shape index (κ2) is 5.59. The number of piperidine rings is 1. The number of carbonyl (C=O) groups is 3. The van der Waals surface area contributed by atoms with E-state index < -0.39 is 5.97 Å². The summed E-state index contributed by atoms with van der Waals surface area (Å²) < 4.78 is 0. The van der Waals surface area contributed by atoms with E-state index >= 15 is 0 Å². The highest BCUT2D eigenvalue weighted by Gasteiger charge is 2.33. The van der Waals surface area contributed by atoms with Gasteiger partial charge in [-0.2, -0.15) is 0 Å². The smallest absolute Gasteiger partial charge is 0.306 e. The summed E-state index contributed by atoms with van der Waals surface area (Å²) in [6.07, 6.45) is 2.35. The fourth-order valence-electron chi connectivity index (χ4n) is 2.89. The summed E-state index contributed by atoms with van der Waals surface area (Å²) in [4.78, 5) is 37.9. The van der Waals surface area contributed by atoms with Crippen LogP contribution in [0.4, 0.5) is 0 Å². The summed E-state index contributed by atoms with van der Waals surface area (Å²) in [5.41, 5.74) is 0. The molecule has 2 fully saturated rings. The van der Waals surface area contributed by atoms with Crippen molar-refractivity contribution in [2.24, 2.45) is 5.92 Å². The van der Waals surface area contributed by atoms with E-state index in [-0.39, 0.29) is 30.3 Å². The maximum absolute atomic E-state index is 12.2. The van der Waals surface area contributed by atoms with Crippen molar-refractivity contribution in [3.05, 3.63) is 0 Å². The minimum atomic E-state index is -0.784. The average Bonchev–Trinajstić information content (AvgIpc) is 2.74. The fourth-order valence-corrected chi connectivity index (χ4v) is 2.89. The molecule has 0 aromatic heterocycles. The lowest BCUT2D eigenvalue weighted by Gasteiger charge is -2.37. The van der Waals surface area contributed by atoms with Crippen molar-refractivity contribution >= 4 is 17.8 Å². The molecule has 2 unspecified atom stereocenters. The molecule has 0 aromatic carbocycles. The second-order valence-electron chi connectivity index (χ2n) is 5.41. The molecular formula is C13H20N2O4. The summed E-state index contributed by atoms with van der Waals surface area (Å²) in [6, 6.07) is -0.0694. The maximum atomic E-state index is 12.2. The SMILES string of the molecule is CC1CC(C(=O)O)CCN1C(=O)CN1CCCC1=O. The number of hydrogen-bond donors (Lipinski definition) is 1. The number of nitrogens with zero attached hydrogens (tertiary/aromatic N) is 2. The number of rotatable bonds is 3. The third kappa shape index (κ3) is 3.05. The van der Waals surface area contributed by atoms with E-state index in [0.717, 1.165) is 6.42 Å². The van der Waals surface area contributed by atoms with Gasteiger partial charge in [0, 0.05) is 25.6 Å². The van der Waals surface area contributed by atoms with Crippen LogP contribution in [0.3, 0.4) is 0 Å². The highest BCUT2D eigenvalue weighted by Crippen LogP contribution is 2.23. The Morgan fingerprint density at radius 3 is 2.63 bits per heavy atom. The molecule has 6 nitrogen and oxygen atoms in total. The van der Waals surface area contributed by atoms with E-state index in [1.165, 1.54) is 0 Å². The van der Waals surface area contributed by atoms with Gasteiger partial charge in [0.05, 0.1) is 12.5 Å². The molecule has 0 spiro atoms.